The summed E-state index contributed by atoms with van der Waals surface area (Å²) < 4.78 is 41.5. The standard InChI is InChI=1S/C13H13NO7S/c1-19-11-6-8(13(15)16)5-10(12(11)20-2)14-22(17,18)9-3-4-21-7-9/h3-7,14H,1-2H3,(H,15,16). The van der Waals surface area contributed by atoms with Crippen molar-refractivity contribution in [3.05, 3.63) is 36.3 Å². The van der Waals surface area contributed by atoms with E-state index in [0.717, 1.165) is 12.3 Å². The van der Waals surface area contributed by atoms with Crippen molar-refractivity contribution in [3.8, 4) is 11.5 Å². The number of methoxy groups -OCH3 is 2. The largest absolute Gasteiger partial charge is 0.493 e. The zero-order chi connectivity index (χ0) is 16.3. The van der Waals surface area contributed by atoms with Crippen molar-refractivity contribution in [2.75, 3.05) is 18.9 Å². The van der Waals surface area contributed by atoms with Gasteiger partial charge >= 0.3 is 5.97 Å². The van der Waals surface area contributed by atoms with Gasteiger partial charge in [0.25, 0.3) is 10.0 Å². The Morgan fingerprint density at radius 2 is 2.00 bits per heavy atom. The molecule has 0 aliphatic rings. The lowest BCUT2D eigenvalue weighted by molar-refractivity contribution is 0.0696. The second-order valence-corrected chi connectivity index (χ2v) is 5.81. The van der Waals surface area contributed by atoms with Crippen molar-refractivity contribution >= 4 is 21.7 Å². The first-order valence-electron chi connectivity index (χ1n) is 5.93. The third kappa shape index (κ3) is 2.98. The number of aromatic carboxylic acids is 1. The fourth-order valence-electron chi connectivity index (χ4n) is 1.77. The van der Waals surface area contributed by atoms with Gasteiger partial charge in [-0.2, -0.15) is 0 Å². The quantitative estimate of drug-likeness (QED) is 0.831. The monoisotopic (exact) mass is 327 g/mol. The van der Waals surface area contributed by atoms with Crippen LogP contribution in [0.3, 0.4) is 0 Å². The fraction of sp³-hybridized carbons (Fsp3) is 0.154. The highest BCUT2D eigenvalue weighted by molar-refractivity contribution is 7.92. The van der Waals surface area contributed by atoms with E-state index < -0.39 is 16.0 Å². The summed E-state index contributed by atoms with van der Waals surface area (Å²) in [5.74, 6) is -1.07. The maximum Gasteiger partial charge on any atom is 0.335 e. The van der Waals surface area contributed by atoms with E-state index in [0.29, 0.717) is 0 Å². The lowest BCUT2D eigenvalue weighted by Gasteiger charge is -2.15. The van der Waals surface area contributed by atoms with Crippen LogP contribution in [0.15, 0.2) is 40.0 Å². The topological polar surface area (TPSA) is 115 Å². The van der Waals surface area contributed by atoms with Gasteiger partial charge in [0.1, 0.15) is 11.2 Å². The van der Waals surface area contributed by atoms with Crippen LogP contribution >= 0.6 is 0 Å². The molecule has 2 rings (SSSR count). The number of nitrogens with one attached hydrogen (secondary N) is 1. The summed E-state index contributed by atoms with van der Waals surface area (Å²) in [7, 11) is -1.31. The van der Waals surface area contributed by atoms with Crippen LogP contribution in [-0.4, -0.2) is 33.7 Å². The molecule has 2 N–H and O–H groups in total. The summed E-state index contributed by atoms with van der Waals surface area (Å²) >= 11 is 0. The Balaban J connectivity index is 2.54. The molecule has 0 aliphatic heterocycles. The molecule has 0 atom stereocenters. The molecule has 0 amide bonds. The van der Waals surface area contributed by atoms with Gasteiger partial charge in [-0.05, 0) is 18.2 Å². The minimum absolute atomic E-state index is 0.0551. The molecule has 9 heteroatoms. The third-order valence-corrected chi connectivity index (χ3v) is 4.12. The van der Waals surface area contributed by atoms with Crippen molar-refractivity contribution in [1.29, 1.82) is 0 Å². The molecule has 0 aliphatic carbocycles. The summed E-state index contributed by atoms with van der Waals surface area (Å²) in [5.41, 5.74) is -0.206. The van der Waals surface area contributed by atoms with Gasteiger partial charge in [-0.1, -0.05) is 0 Å². The van der Waals surface area contributed by atoms with Crippen LogP contribution < -0.4 is 14.2 Å². The summed E-state index contributed by atoms with van der Waals surface area (Å²) in [6, 6.07) is 3.63. The number of ether oxygens (including phenoxy) is 2. The molecule has 0 fully saturated rings. The number of sulfonamides is 1. The number of benzene rings is 1. The number of carboxylic acids is 1. The van der Waals surface area contributed by atoms with Crippen LogP contribution in [0.2, 0.25) is 0 Å². The van der Waals surface area contributed by atoms with Crippen LogP contribution in [0.5, 0.6) is 11.5 Å². The molecule has 1 aromatic carbocycles. The average Bonchev–Trinajstić information content (AvgIpc) is 3.00. The zero-order valence-electron chi connectivity index (χ0n) is 11.7. The number of anilines is 1. The molecule has 118 valence electrons. The van der Waals surface area contributed by atoms with E-state index in [9.17, 15) is 13.2 Å². The van der Waals surface area contributed by atoms with E-state index in [1.165, 1.54) is 32.6 Å². The van der Waals surface area contributed by atoms with Crippen LogP contribution in [0.4, 0.5) is 5.69 Å². The van der Waals surface area contributed by atoms with Crippen molar-refractivity contribution in [2.24, 2.45) is 0 Å². The first-order chi connectivity index (χ1) is 10.4. The lowest BCUT2D eigenvalue weighted by atomic mass is 10.1. The Labute approximate surface area is 126 Å². The highest BCUT2D eigenvalue weighted by Gasteiger charge is 2.22. The van der Waals surface area contributed by atoms with Gasteiger partial charge in [0.2, 0.25) is 0 Å². The van der Waals surface area contributed by atoms with E-state index in [4.69, 9.17) is 19.0 Å². The predicted molar refractivity (Wildman–Crippen MR) is 76.0 cm³/mol. The maximum absolute atomic E-state index is 12.2. The molecule has 0 spiro atoms. The molecule has 1 heterocycles. The fourth-order valence-corrected chi connectivity index (χ4v) is 2.75. The van der Waals surface area contributed by atoms with E-state index in [-0.39, 0.29) is 27.6 Å². The molecule has 22 heavy (non-hydrogen) atoms. The Kier molecular flexibility index (Phi) is 4.27. The van der Waals surface area contributed by atoms with Crippen LogP contribution in [0.1, 0.15) is 10.4 Å². The van der Waals surface area contributed by atoms with Gasteiger partial charge < -0.3 is 19.0 Å². The van der Waals surface area contributed by atoms with E-state index >= 15 is 0 Å². The highest BCUT2D eigenvalue weighted by Crippen LogP contribution is 2.37. The minimum Gasteiger partial charge on any atom is -0.493 e. The van der Waals surface area contributed by atoms with E-state index in [1.54, 1.807) is 0 Å². The van der Waals surface area contributed by atoms with Gasteiger partial charge in [0.15, 0.2) is 11.5 Å². The second-order valence-electron chi connectivity index (χ2n) is 4.13. The van der Waals surface area contributed by atoms with Crippen LogP contribution in [-0.2, 0) is 10.0 Å². The van der Waals surface area contributed by atoms with Gasteiger partial charge in [-0.3, -0.25) is 4.72 Å². The highest BCUT2D eigenvalue weighted by atomic mass is 32.2. The molecule has 0 bridgehead atoms. The van der Waals surface area contributed by atoms with Crippen molar-refractivity contribution < 1.29 is 32.2 Å². The SMILES string of the molecule is COc1cc(C(=O)O)cc(NS(=O)(=O)c2ccoc2)c1OC. The van der Waals surface area contributed by atoms with Crippen LogP contribution in [0, 0.1) is 0 Å². The van der Waals surface area contributed by atoms with Crippen molar-refractivity contribution in [1.82, 2.24) is 0 Å². The van der Waals surface area contributed by atoms with Gasteiger partial charge in [-0.15, -0.1) is 0 Å². The summed E-state index contributed by atoms with van der Waals surface area (Å²) in [6.07, 6.45) is 2.26. The number of carboxylic acid groups (broad SMARTS) is 1. The third-order valence-electron chi connectivity index (χ3n) is 2.78. The smallest absolute Gasteiger partial charge is 0.335 e. The Morgan fingerprint density at radius 3 is 2.50 bits per heavy atom. The predicted octanol–water partition coefficient (Wildman–Crippen LogP) is 1.80. The normalized spacial score (nSPS) is 11.0. The molecule has 0 saturated carbocycles. The molecule has 0 unspecified atom stereocenters. The number of carbonyl (C=O) groups is 1. The average molecular weight is 327 g/mol. The van der Waals surface area contributed by atoms with Gasteiger partial charge in [0.05, 0.1) is 31.7 Å². The minimum atomic E-state index is -3.94. The second kappa shape index (κ2) is 5.98. The Morgan fingerprint density at radius 1 is 1.27 bits per heavy atom. The molecule has 8 nitrogen and oxygen atoms in total. The number of furan rings is 1. The molecule has 2 aromatic rings. The van der Waals surface area contributed by atoms with Gasteiger partial charge in [-0.25, -0.2) is 13.2 Å². The summed E-state index contributed by atoms with van der Waals surface area (Å²) in [6.45, 7) is 0. The molecule has 0 saturated heterocycles. The summed E-state index contributed by atoms with van der Waals surface area (Å²) in [4.78, 5) is 11.0. The maximum atomic E-state index is 12.2. The first-order valence-corrected chi connectivity index (χ1v) is 7.41. The van der Waals surface area contributed by atoms with Gasteiger partial charge in [0, 0.05) is 0 Å². The molecular formula is C13H13NO7S. The zero-order valence-corrected chi connectivity index (χ0v) is 12.5. The molecule has 1 aromatic heterocycles. The van der Waals surface area contributed by atoms with E-state index in [1.807, 2.05) is 0 Å². The Bertz CT molecular complexity index is 781. The van der Waals surface area contributed by atoms with Crippen LogP contribution in [0.25, 0.3) is 0 Å². The number of hydrogen-bond acceptors (Lipinski definition) is 6. The van der Waals surface area contributed by atoms with Crippen molar-refractivity contribution in [3.63, 3.8) is 0 Å². The molecular weight excluding hydrogens is 314 g/mol. The number of hydrogen-bond donors (Lipinski definition) is 2. The molecule has 0 radical (unpaired) electrons. The van der Waals surface area contributed by atoms with E-state index in [2.05, 4.69) is 4.72 Å². The first kappa shape index (κ1) is 15.7. The Hall–Kier alpha value is -2.68. The number of rotatable bonds is 6. The lowest BCUT2D eigenvalue weighted by Crippen LogP contribution is -2.14. The van der Waals surface area contributed by atoms with Crippen molar-refractivity contribution in [2.45, 2.75) is 4.90 Å². The summed E-state index contributed by atoms with van der Waals surface area (Å²) in [5, 5.41) is 9.09.